The van der Waals surface area contributed by atoms with Gasteiger partial charge >= 0.3 is 5.97 Å². The van der Waals surface area contributed by atoms with Crippen molar-refractivity contribution < 1.29 is 19.0 Å². The predicted octanol–water partition coefficient (Wildman–Crippen LogP) is 1.48. The fourth-order valence-corrected chi connectivity index (χ4v) is 1.73. The Morgan fingerprint density at radius 3 is 2.75 bits per heavy atom. The molecule has 0 bridgehead atoms. The van der Waals surface area contributed by atoms with Crippen LogP contribution in [0, 0.1) is 12.3 Å². The van der Waals surface area contributed by atoms with E-state index in [4.69, 9.17) is 20.6 Å². The molecule has 16 heavy (non-hydrogen) atoms. The molecule has 1 rings (SSSR count). The highest BCUT2D eigenvalue weighted by Crippen LogP contribution is 2.32. The number of esters is 1. The van der Waals surface area contributed by atoms with Gasteiger partial charge in [0.2, 0.25) is 0 Å². The molecule has 0 aromatic rings. The molecule has 1 aliphatic heterocycles. The van der Waals surface area contributed by atoms with Crippen LogP contribution in [0.3, 0.4) is 0 Å². The summed E-state index contributed by atoms with van der Waals surface area (Å²) in [6.07, 6.45) is 6.04. The highest BCUT2D eigenvalue weighted by molar-refractivity contribution is 5.71. The zero-order valence-electron chi connectivity index (χ0n) is 10.0. The lowest BCUT2D eigenvalue weighted by molar-refractivity contribution is -0.294. The van der Waals surface area contributed by atoms with E-state index >= 15 is 0 Å². The summed E-state index contributed by atoms with van der Waals surface area (Å²) in [4.78, 5) is 11.4. The van der Waals surface area contributed by atoms with Gasteiger partial charge in [-0.05, 0) is 20.8 Å². The van der Waals surface area contributed by atoms with Crippen molar-refractivity contribution in [2.75, 3.05) is 13.2 Å². The van der Waals surface area contributed by atoms with Crippen LogP contribution in [0.1, 0.15) is 33.6 Å². The molecule has 0 N–H and O–H groups in total. The van der Waals surface area contributed by atoms with Crippen LogP contribution in [0.15, 0.2) is 0 Å². The molecule has 0 aliphatic carbocycles. The summed E-state index contributed by atoms with van der Waals surface area (Å²) in [5.41, 5.74) is -0.895. The van der Waals surface area contributed by atoms with E-state index in [-0.39, 0.29) is 12.4 Å². The van der Waals surface area contributed by atoms with E-state index < -0.39 is 11.4 Å². The summed E-state index contributed by atoms with van der Waals surface area (Å²) in [6.45, 7) is 6.15. The van der Waals surface area contributed by atoms with Gasteiger partial charge in [-0.15, -0.1) is 6.42 Å². The van der Waals surface area contributed by atoms with Crippen molar-refractivity contribution in [3.05, 3.63) is 0 Å². The normalized spacial score (nSPS) is 28.1. The maximum Gasteiger partial charge on any atom is 0.309 e. The van der Waals surface area contributed by atoms with Crippen LogP contribution >= 0.6 is 0 Å². The Morgan fingerprint density at radius 2 is 2.25 bits per heavy atom. The minimum Gasteiger partial charge on any atom is -0.466 e. The van der Waals surface area contributed by atoms with Crippen molar-refractivity contribution in [1.82, 2.24) is 0 Å². The maximum atomic E-state index is 11.4. The lowest BCUT2D eigenvalue weighted by Gasteiger charge is -2.41. The van der Waals surface area contributed by atoms with E-state index in [9.17, 15) is 4.79 Å². The number of rotatable bonds is 3. The largest absolute Gasteiger partial charge is 0.466 e. The van der Waals surface area contributed by atoms with Gasteiger partial charge in [0.05, 0.1) is 19.6 Å². The zero-order chi connectivity index (χ0) is 12.2. The number of hydrogen-bond donors (Lipinski definition) is 0. The average Bonchev–Trinajstić information content (AvgIpc) is 2.16. The SMILES string of the molecule is C#C[C@]1(CC(=O)OCC)CCOC(C)(C)O1. The summed E-state index contributed by atoms with van der Waals surface area (Å²) in [5, 5.41) is 0. The Kier molecular flexibility index (Phi) is 3.95. The number of carbonyl (C=O) groups is 1. The van der Waals surface area contributed by atoms with E-state index in [1.165, 1.54) is 0 Å². The summed E-state index contributed by atoms with van der Waals surface area (Å²) in [6, 6.07) is 0. The molecule has 1 saturated heterocycles. The van der Waals surface area contributed by atoms with Gasteiger partial charge < -0.3 is 14.2 Å². The van der Waals surface area contributed by atoms with Gasteiger partial charge in [-0.25, -0.2) is 0 Å². The summed E-state index contributed by atoms with van der Waals surface area (Å²) in [5.74, 6) is 1.47. The van der Waals surface area contributed by atoms with Crippen molar-refractivity contribution in [3.63, 3.8) is 0 Å². The van der Waals surface area contributed by atoms with E-state index in [0.29, 0.717) is 19.6 Å². The smallest absolute Gasteiger partial charge is 0.309 e. The molecule has 0 radical (unpaired) electrons. The third kappa shape index (κ3) is 3.22. The molecule has 0 aromatic carbocycles. The van der Waals surface area contributed by atoms with Crippen LogP contribution in [0.5, 0.6) is 0 Å². The summed E-state index contributed by atoms with van der Waals surface area (Å²) < 4.78 is 15.9. The van der Waals surface area contributed by atoms with Crippen LogP contribution in [0.4, 0.5) is 0 Å². The number of carbonyl (C=O) groups excluding carboxylic acids is 1. The molecule has 1 heterocycles. The second-order valence-corrected chi connectivity index (χ2v) is 4.22. The van der Waals surface area contributed by atoms with Gasteiger partial charge in [-0.2, -0.15) is 0 Å². The van der Waals surface area contributed by atoms with Gasteiger partial charge in [-0.3, -0.25) is 4.79 Å². The third-order valence-corrected chi connectivity index (χ3v) is 2.39. The molecular formula is C12H18O4. The van der Waals surface area contributed by atoms with Gasteiger partial charge in [0, 0.05) is 6.42 Å². The van der Waals surface area contributed by atoms with Crippen LogP contribution in [0.25, 0.3) is 0 Å². The molecule has 1 fully saturated rings. The fraction of sp³-hybridized carbons (Fsp3) is 0.750. The lowest BCUT2D eigenvalue weighted by Crippen LogP contribution is -2.49. The maximum absolute atomic E-state index is 11.4. The van der Waals surface area contributed by atoms with Gasteiger partial charge in [0.25, 0.3) is 0 Å². The van der Waals surface area contributed by atoms with Gasteiger partial charge in [0.15, 0.2) is 5.79 Å². The molecule has 4 nitrogen and oxygen atoms in total. The Hall–Kier alpha value is -1.05. The first-order valence-corrected chi connectivity index (χ1v) is 5.40. The number of ether oxygens (including phenoxy) is 3. The topological polar surface area (TPSA) is 44.8 Å². The monoisotopic (exact) mass is 226 g/mol. The molecule has 1 aliphatic rings. The molecule has 90 valence electrons. The zero-order valence-corrected chi connectivity index (χ0v) is 10.0. The standard InChI is InChI=1S/C12H18O4/c1-5-12(9-10(13)14-6-2)7-8-15-11(3,4)16-12/h1H,6-9H2,2-4H3/t12-/m1/s1. The van der Waals surface area contributed by atoms with Crippen LogP contribution < -0.4 is 0 Å². The van der Waals surface area contributed by atoms with Gasteiger partial charge in [0.1, 0.15) is 5.60 Å². The number of terminal acetylenes is 1. The third-order valence-electron chi connectivity index (χ3n) is 2.39. The van der Waals surface area contributed by atoms with Crippen molar-refractivity contribution >= 4 is 5.97 Å². The van der Waals surface area contributed by atoms with Crippen molar-refractivity contribution in [3.8, 4) is 12.3 Å². The molecule has 0 spiro atoms. The predicted molar refractivity (Wildman–Crippen MR) is 58.5 cm³/mol. The van der Waals surface area contributed by atoms with E-state index in [1.807, 2.05) is 0 Å². The molecule has 4 heteroatoms. The first-order chi connectivity index (χ1) is 7.43. The fourth-order valence-electron chi connectivity index (χ4n) is 1.73. The minimum absolute atomic E-state index is 0.0735. The first kappa shape index (κ1) is 13.0. The number of hydrogen-bond acceptors (Lipinski definition) is 4. The van der Waals surface area contributed by atoms with E-state index in [1.54, 1.807) is 20.8 Å². The molecular weight excluding hydrogens is 208 g/mol. The Balaban J connectivity index is 2.71. The lowest BCUT2D eigenvalue weighted by atomic mass is 9.95. The highest BCUT2D eigenvalue weighted by Gasteiger charge is 2.42. The summed E-state index contributed by atoms with van der Waals surface area (Å²) >= 11 is 0. The van der Waals surface area contributed by atoms with E-state index in [2.05, 4.69) is 5.92 Å². The first-order valence-electron chi connectivity index (χ1n) is 5.40. The Bertz CT molecular complexity index is 303. The quantitative estimate of drug-likeness (QED) is 0.540. The van der Waals surface area contributed by atoms with Crippen molar-refractivity contribution in [2.24, 2.45) is 0 Å². The molecule has 1 atom stereocenters. The van der Waals surface area contributed by atoms with Gasteiger partial charge in [-0.1, -0.05) is 5.92 Å². The van der Waals surface area contributed by atoms with Crippen LogP contribution in [-0.4, -0.2) is 30.6 Å². The van der Waals surface area contributed by atoms with Crippen molar-refractivity contribution in [1.29, 1.82) is 0 Å². The minimum atomic E-state index is -0.895. The Labute approximate surface area is 96.2 Å². The molecule has 0 saturated carbocycles. The van der Waals surface area contributed by atoms with Crippen LogP contribution in [-0.2, 0) is 19.0 Å². The van der Waals surface area contributed by atoms with E-state index in [0.717, 1.165) is 0 Å². The van der Waals surface area contributed by atoms with Crippen LogP contribution in [0.2, 0.25) is 0 Å². The van der Waals surface area contributed by atoms with Crippen molar-refractivity contribution in [2.45, 2.75) is 45.0 Å². The Morgan fingerprint density at radius 1 is 1.56 bits per heavy atom. The molecule has 0 unspecified atom stereocenters. The second-order valence-electron chi connectivity index (χ2n) is 4.22. The summed E-state index contributed by atoms with van der Waals surface area (Å²) in [7, 11) is 0. The highest BCUT2D eigenvalue weighted by atomic mass is 16.7. The molecule has 0 aromatic heterocycles. The average molecular weight is 226 g/mol. The molecule has 0 amide bonds. The second kappa shape index (κ2) is 4.86.